The molecule has 2 atom stereocenters. The first kappa shape index (κ1) is 15.1. The van der Waals surface area contributed by atoms with Crippen molar-refractivity contribution in [3.8, 4) is 5.75 Å². The molecule has 112 valence electrons. The zero-order chi connectivity index (χ0) is 14.8. The Balaban J connectivity index is 1.97. The topological polar surface area (TPSA) is 44.5 Å². The number of ether oxygens (including phenoxy) is 2. The van der Waals surface area contributed by atoms with Gasteiger partial charge in [-0.15, -0.1) is 0 Å². The number of nitrogens with two attached hydrogens (primary N) is 1. The molecule has 7 heteroatoms. The van der Waals surface area contributed by atoms with Crippen molar-refractivity contribution in [1.29, 1.82) is 0 Å². The van der Waals surface area contributed by atoms with Crippen molar-refractivity contribution in [2.45, 2.75) is 31.2 Å². The minimum absolute atomic E-state index is 0.0254. The summed E-state index contributed by atoms with van der Waals surface area (Å²) in [4.78, 5) is 0. The van der Waals surface area contributed by atoms with Crippen LogP contribution in [0.5, 0.6) is 5.75 Å². The summed E-state index contributed by atoms with van der Waals surface area (Å²) < 4.78 is 61.4. The van der Waals surface area contributed by atoms with Crippen molar-refractivity contribution in [2.24, 2.45) is 5.73 Å². The van der Waals surface area contributed by atoms with E-state index in [4.69, 9.17) is 15.2 Å². The monoisotopic (exact) mass is 293 g/mol. The van der Waals surface area contributed by atoms with E-state index in [0.717, 1.165) is 18.9 Å². The molecule has 3 nitrogen and oxygen atoms in total. The number of hydrogen-bond donors (Lipinski definition) is 1. The van der Waals surface area contributed by atoms with E-state index < -0.39 is 17.6 Å². The van der Waals surface area contributed by atoms with Gasteiger partial charge in [0.1, 0.15) is 18.2 Å². The zero-order valence-electron chi connectivity index (χ0n) is 10.6. The van der Waals surface area contributed by atoms with Gasteiger partial charge in [-0.1, -0.05) is 0 Å². The summed E-state index contributed by atoms with van der Waals surface area (Å²) in [6, 6.07) is 2.57. The lowest BCUT2D eigenvalue weighted by molar-refractivity contribution is -0.140. The van der Waals surface area contributed by atoms with Crippen LogP contribution < -0.4 is 10.5 Å². The maximum Gasteiger partial charge on any atom is 0.419 e. The second kappa shape index (κ2) is 5.97. The van der Waals surface area contributed by atoms with E-state index in [9.17, 15) is 17.6 Å². The molecule has 1 saturated heterocycles. The molecule has 0 bridgehead atoms. The highest BCUT2D eigenvalue weighted by atomic mass is 19.4. The molecule has 0 spiro atoms. The van der Waals surface area contributed by atoms with Gasteiger partial charge in [0.2, 0.25) is 0 Å². The summed E-state index contributed by atoms with van der Waals surface area (Å²) in [6.45, 7) is 0.532. The normalized spacial score (nSPS) is 23.1. The molecule has 0 aromatic heterocycles. The van der Waals surface area contributed by atoms with Gasteiger partial charge in [-0.2, -0.15) is 13.2 Å². The summed E-state index contributed by atoms with van der Waals surface area (Å²) >= 11 is 0. The van der Waals surface area contributed by atoms with Gasteiger partial charge in [0, 0.05) is 6.54 Å². The van der Waals surface area contributed by atoms with Gasteiger partial charge >= 0.3 is 6.18 Å². The van der Waals surface area contributed by atoms with Crippen molar-refractivity contribution in [1.82, 2.24) is 0 Å². The maximum absolute atomic E-state index is 13.1. The van der Waals surface area contributed by atoms with Crippen LogP contribution in [0.15, 0.2) is 18.2 Å². The number of benzene rings is 1. The second-order valence-corrected chi connectivity index (χ2v) is 4.64. The van der Waals surface area contributed by atoms with Crippen LogP contribution in [-0.2, 0) is 10.9 Å². The predicted octanol–water partition coefficient (Wildman–Crippen LogP) is 2.73. The fourth-order valence-corrected chi connectivity index (χ4v) is 2.08. The quantitative estimate of drug-likeness (QED) is 0.868. The largest absolute Gasteiger partial charge is 0.491 e. The van der Waals surface area contributed by atoms with Gasteiger partial charge < -0.3 is 15.2 Å². The fraction of sp³-hybridized carbons (Fsp3) is 0.538. The van der Waals surface area contributed by atoms with Crippen LogP contribution in [-0.4, -0.2) is 25.4 Å². The zero-order valence-corrected chi connectivity index (χ0v) is 10.6. The molecular weight excluding hydrogens is 278 g/mol. The van der Waals surface area contributed by atoms with Crippen LogP contribution in [0.2, 0.25) is 0 Å². The Morgan fingerprint density at radius 3 is 2.55 bits per heavy atom. The number of halogens is 4. The van der Waals surface area contributed by atoms with Crippen LogP contribution in [0.1, 0.15) is 18.4 Å². The van der Waals surface area contributed by atoms with Crippen molar-refractivity contribution < 1.29 is 27.0 Å². The Morgan fingerprint density at radius 1 is 1.25 bits per heavy atom. The van der Waals surface area contributed by atoms with Crippen molar-refractivity contribution in [3.05, 3.63) is 29.6 Å². The van der Waals surface area contributed by atoms with E-state index in [1.54, 1.807) is 0 Å². The standard InChI is InChI=1S/C13H15F4NO2/c14-12-4-3-8(5-11(12)13(15,16)17)19-7-10-2-1-9(6-18)20-10/h3-5,9-10H,1-2,6-7,18H2. The highest BCUT2D eigenvalue weighted by molar-refractivity contribution is 5.31. The van der Waals surface area contributed by atoms with Gasteiger partial charge in [0.25, 0.3) is 0 Å². The molecule has 1 aromatic rings. The average molecular weight is 293 g/mol. The summed E-state index contributed by atoms with van der Waals surface area (Å²) in [5.41, 5.74) is 4.12. The minimum atomic E-state index is -4.74. The molecule has 0 saturated carbocycles. The summed E-state index contributed by atoms with van der Waals surface area (Å²) in [5.74, 6) is -1.34. The van der Waals surface area contributed by atoms with E-state index in [1.165, 1.54) is 6.07 Å². The van der Waals surface area contributed by atoms with E-state index in [0.29, 0.717) is 12.6 Å². The highest BCUT2D eigenvalue weighted by Crippen LogP contribution is 2.33. The molecule has 1 heterocycles. The lowest BCUT2D eigenvalue weighted by atomic mass is 10.2. The van der Waals surface area contributed by atoms with E-state index in [1.807, 2.05) is 0 Å². The first-order chi connectivity index (χ1) is 9.40. The molecule has 1 aliphatic rings. The molecule has 0 aliphatic carbocycles. The third-order valence-electron chi connectivity index (χ3n) is 3.14. The van der Waals surface area contributed by atoms with Gasteiger partial charge in [-0.05, 0) is 31.0 Å². The molecule has 1 aliphatic heterocycles. The fourth-order valence-electron chi connectivity index (χ4n) is 2.08. The molecule has 2 N–H and O–H groups in total. The smallest absolute Gasteiger partial charge is 0.419 e. The van der Waals surface area contributed by atoms with Crippen LogP contribution in [0, 0.1) is 5.82 Å². The lowest BCUT2D eigenvalue weighted by Crippen LogP contribution is -2.23. The third kappa shape index (κ3) is 3.61. The van der Waals surface area contributed by atoms with E-state index in [2.05, 4.69) is 0 Å². The molecule has 20 heavy (non-hydrogen) atoms. The van der Waals surface area contributed by atoms with Crippen LogP contribution in [0.25, 0.3) is 0 Å². The van der Waals surface area contributed by atoms with Gasteiger partial charge in [-0.25, -0.2) is 4.39 Å². The summed E-state index contributed by atoms with van der Waals surface area (Å²) in [6.07, 6.45) is -3.40. The highest BCUT2D eigenvalue weighted by Gasteiger charge is 2.34. The van der Waals surface area contributed by atoms with Crippen molar-refractivity contribution in [2.75, 3.05) is 13.2 Å². The number of hydrogen-bond acceptors (Lipinski definition) is 3. The lowest BCUT2D eigenvalue weighted by Gasteiger charge is -2.15. The minimum Gasteiger partial charge on any atom is -0.491 e. The maximum atomic E-state index is 13.1. The molecule has 2 unspecified atom stereocenters. The summed E-state index contributed by atoms with van der Waals surface area (Å²) in [5, 5.41) is 0. The molecule has 0 amide bonds. The Bertz CT molecular complexity index is 464. The van der Waals surface area contributed by atoms with Gasteiger partial charge in [0.05, 0.1) is 17.8 Å². The Hall–Kier alpha value is -1.34. The van der Waals surface area contributed by atoms with Crippen LogP contribution in [0.4, 0.5) is 17.6 Å². The third-order valence-corrected chi connectivity index (χ3v) is 3.14. The Kier molecular flexibility index (Phi) is 4.49. The van der Waals surface area contributed by atoms with Gasteiger partial charge in [0.15, 0.2) is 0 Å². The second-order valence-electron chi connectivity index (χ2n) is 4.64. The number of alkyl halides is 3. The average Bonchev–Trinajstić information content (AvgIpc) is 2.84. The SMILES string of the molecule is NCC1CCC(COc2ccc(F)c(C(F)(F)F)c2)O1. The predicted molar refractivity (Wildman–Crippen MR) is 63.8 cm³/mol. The first-order valence-corrected chi connectivity index (χ1v) is 6.25. The van der Waals surface area contributed by atoms with Gasteiger partial charge in [-0.3, -0.25) is 0 Å². The van der Waals surface area contributed by atoms with E-state index in [-0.39, 0.29) is 24.6 Å². The van der Waals surface area contributed by atoms with Crippen LogP contribution >= 0.6 is 0 Å². The van der Waals surface area contributed by atoms with Crippen molar-refractivity contribution in [3.63, 3.8) is 0 Å². The van der Waals surface area contributed by atoms with Crippen LogP contribution in [0.3, 0.4) is 0 Å². The molecular formula is C13H15F4NO2. The van der Waals surface area contributed by atoms with Crippen molar-refractivity contribution >= 4 is 0 Å². The first-order valence-electron chi connectivity index (χ1n) is 6.25. The summed E-state index contributed by atoms with van der Waals surface area (Å²) in [7, 11) is 0. The molecule has 0 radical (unpaired) electrons. The Labute approximate surface area is 113 Å². The molecule has 1 aromatic carbocycles. The molecule has 1 fully saturated rings. The Morgan fingerprint density at radius 2 is 1.95 bits per heavy atom. The number of rotatable bonds is 4. The van der Waals surface area contributed by atoms with E-state index >= 15 is 0 Å². The molecule has 2 rings (SSSR count).